The number of rotatable bonds is 4. The third-order valence-corrected chi connectivity index (χ3v) is 4.12. The molecule has 0 amide bonds. The second kappa shape index (κ2) is 6.59. The Balaban J connectivity index is 1.73. The maximum Gasteiger partial charge on any atom is 0.224 e. The van der Waals surface area contributed by atoms with Crippen LogP contribution >= 0.6 is 0 Å². The Morgan fingerprint density at radius 3 is 3.04 bits per heavy atom. The molecule has 2 aromatic heterocycles. The third-order valence-electron chi connectivity index (χ3n) is 4.12. The van der Waals surface area contributed by atoms with Crippen LogP contribution in [0, 0.1) is 0 Å². The standard InChI is InChI=1S/C18H19N3O3/c1-22-18-15(10-13-4-2-3-5-16(13)20-18)17-19-6-7-21(17)11-14-12-23-8-9-24-14/h2-7,10,14H,8-9,11-12H2,1H3/t14-/m1/s1. The molecular weight excluding hydrogens is 306 g/mol. The van der Waals surface area contributed by atoms with E-state index in [1.54, 1.807) is 13.3 Å². The van der Waals surface area contributed by atoms with Gasteiger partial charge < -0.3 is 18.8 Å². The molecule has 0 spiro atoms. The van der Waals surface area contributed by atoms with Crippen LogP contribution in [-0.2, 0) is 16.0 Å². The average molecular weight is 325 g/mol. The third kappa shape index (κ3) is 2.86. The number of fused-ring (bicyclic) bond motifs is 1. The average Bonchev–Trinajstić information content (AvgIpc) is 3.09. The fourth-order valence-corrected chi connectivity index (χ4v) is 2.98. The first-order valence-electron chi connectivity index (χ1n) is 8.00. The molecule has 0 N–H and O–H groups in total. The minimum Gasteiger partial charge on any atom is -0.480 e. The van der Waals surface area contributed by atoms with Crippen LogP contribution in [0.3, 0.4) is 0 Å². The van der Waals surface area contributed by atoms with Gasteiger partial charge in [-0.2, -0.15) is 0 Å². The van der Waals surface area contributed by atoms with Gasteiger partial charge in [-0.15, -0.1) is 0 Å². The fourth-order valence-electron chi connectivity index (χ4n) is 2.98. The Bertz CT molecular complexity index is 840. The van der Waals surface area contributed by atoms with Gasteiger partial charge in [0.15, 0.2) is 0 Å². The van der Waals surface area contributed by atoms with Crippen LogP contribution in [0.4, 0.5) is 0 Å². The topological polar surface area (TPSA) is 58.4 Å². The number of pyridine rings is 1. The van der Waals surface area contributed by atoms with Gasteiger partial charge in [-0.3, -0.25) is 0 Å². The molecule has 4 rings (SSSR count). The van der Waals surface area contributed by atoms with E-state index in [2.05, 4.69) is 20.6 Å². The molecule has 24 heavy (non-hydrogen) atoms. The lowest BCUT2D eigenvalue weighted by Crippen LogP contribution is -2.32. The maximum absolute atomic E-state index is 5.75. The smallest absolute Gasteiger partial charge is 0.224 e. The van der Waals surface area contributed by atoms with Crippen molar-refractivity contribution in [3.05, 3.63) is 42.7 Å². The Kier molecular flexibility index (Phi) is 4.15. The summed E-state index contributed by atoms with van der Waals surface area (Å²) in [6.07, 6.45) is 3.77. The fraction of sp³-hybridized carbons (Fsp3) is 0.333. The highest BCUT2D eigenvalue weighted by atomic mass is 16.6. The van der Waals surface area contributed by atoms with Crippen molar-refractivity contribution in [2.24, 2.45) is 0 Å². The number of benzene rings is 1. The Morgan fingerprint density at radius 1 is 1.29 bits per heavy atom. The van der Waals surface area contributed by atoms with Gasteiger partial charge in [-0.1, -0.05) is 18.2 Å². The maximum atomic E-state index is 5.75. The molecule has 0 saturated carbocycles. The molecule has 0 unspecified atom stereocenters. The van der Waals surface area contributed by atoms with Gasteiger partial charge in [0.1, 0.15) is 5.82 Å². The summed E-state index contributed by atoms with van der Waals surface area (Å²) in [6.45, 7) is 2.58. The highest BCUT2D eigenvalue weighted by molar-refractivity contribution is 5.84. The van der Waals surface area contributed by atoms with Crippen molar-refractivity contribution >= 4 is 10.9 Å². The predicted molar refractivity (Wildman–Crippen MR) is 90.1 cm³/mol. The molecule has 1 atom stereocenters. The van der Waals surface area contributed by atoms with E-state index >= 15 is 0 Å². The van der Waals surface area contributed by atoms with E-state index in [9.17, 15) is 0 Å². The molecule has 1 fully saturated rings. The zero-order valence-electron chi connectivity index (χ0n) is 13.5. The van der Waals surface area contributed by atoms with Crippen LogP contribution < -0.4 is 4.74 Å². The minimum atomic E-state index is 0.0334. The first-order chi connectivity index (χ1) is 11.8. The normalized spacial score (nSPS) is 18.0. The molecule has 1 aromatic carbocycles. The molecule has 6 heteroatoms. The van der Waals surface area contributed by atoms with Crippen molar-refractivity contribution in [3.8, 4) is 17.3 Å². The number of para-hydroxylation sites is 1. The molecule has 1 saturated heterocycles. The zero-order valence-corrected chi connectivity index (χ0v) is 13.5. The van der Waals surface area contributed by atoms with Crippen molar-refractivity contribution in [1.82, 2.24) is 14.5 Å². The molecular formula is C18H19N3O3. The number of methoxy groups -OCH3 is 1. The van der Waals surface area contributed by atoms with Gasteiger partial charge in [-0.25, -0.2) is 9.97 Å². The summed E-state index contributed by atoms with van der Waals surface area (Å²) in [5.74, 6) is 1.39. The van der Waals surface area contributed by atoms with Gasteiger partial charge in [0.05, 0.1) is 50.7 Å². The van der Waals surface area contributed by atoms with Gasteiger partial charge in [0.2, 0.25) is 5.88 Å². The Morgan fingerprint density at radius 2 is 2.21 bits per heavy atom. The lowest BCUT2D eigenvalue weighted by molar-refractivity contribution is -0.0934. The number of hydrogen-bond acceptors (Lipinski definition) is 5. The lowest BCUT2D eigenvalue weighted by Gasteiger charge is -2.24. The number of aromatic nitrogens is 3. The molecule has 1 aliphatic rings. The summed E-state index contributed by atoms with van der Waals surface area (Å²) < 4.78 is 18.8. The highest BCUT2D eigenvalue weighted by Gasteiger charge is 2.19. The largest absolute Gasteiger partial charge is 0.480 e. The molecule has 0 aliphatic carbocycles. The highest BCUT2D eigenvalue weighted by Crippen LogP contribution is 2.30. The van der Waals surface area contributed by atoms with Crippen LogP contribution in [0.5, 0.6) is 5.88 Å². The van der Waals surface area contributed by atoms with E-state index < -0.39 is 0 Å². The summed E-state index contributed by atoms with van der Waals surface area (Å²) in [5.41, 5.74) is 1.78. The number of hydrogen-bond donors (Lipinski definition) is 0. The monoisotopic (exact) mass is 325 g/mol. The number of nitrogens with zero attached hydrogens (tertiary/aromatic N) is 3. The van der Waals surface area contributed by atoms with Crippen molar-refractivity contribution in [3.63, 3.8) is 0 Å². The van der Waals surface area contributed by atoms with E-state index in [4.69, 9.17) is 14.2 Å². The lowest BCUT2D eigenvalue weighted by atomic mass is 10.1. The molecule has 6 nitrogen and oxygen atoms in total. The van der Waals surface area contributed by atoms with Crippen LogP contribution in [0.2, 0.25) is 0 Å². The zero-order chi connectivity index (χ0) is 16.4. The first-order valence-corrected chi connectivity index (χ1v) is 8.00. The molecule has 0 radical (unpaired) electrons. The number of ether oxygens (including phenoxy) is 3. The van der Waals surface area contributed by atoms with E-state index in [-0.39, 0.29) is 6.10 Å². The summed E-state index contributed by atoms with van der Waals surface area (Å²) in [5, 5.41) is 1.06. The summed E-state index contributed by atoms with van der Waals surface area (Å²) >= 11 is 0. The molecule has 3 heterocycles. The van der Waals surface area contributed by atoms with Crippen LogP contribution in [0.15, 0.2) is 42.7 Å². The summed E-state index contributed by atoms with van der Waals surface area (Å²) in [4.78, 5) is 9.12. The van der Waals surface area contributed by atoms with Gasteiger partial charge in [0, 0.05) is 17.8 Å². The van der Waals surface area contributed by atoms with Gasteiger partial charge >= 0.3 is 0 Å². The van der Waals surface area contributed by atoms with E-state index in [1.165, 1.54) is 0 Å². The van der Waals surface area contributed by atoms with Crippen molar-refractivity contribution < 1.29 is 14.2 Å². The molecule has 3 aromatic rings. The Labute approximate surface area is 140 Å². The van der Waals surface area contributed by atoms with Crippen LogP contribution in [0.1, 0.15) is 0 Å². The van der Waals surface area contributed by atoms with E-state index in [0.717, 1.165) is 22.3 Å². The Hall–Kier alpha value is -2.44. The van der Waals surface area contributed by atoms with Crippen molar-refractivity contribution in [2.75, 3.05) is 26.9 Å². The van der Waals surface area contributed by atoms with Gasteiger partial charge in [0.25, 0.3) is 0 Å². The minimum absolute atomic E-state index is 0.0334. The quantitative estimate of drug-likeness (QED) is 0.738. The number of imidazole rings is 1. The van der Waals surface area contributed by atoms with Gasteiger partial charge in [-0.05, 0) is 12.1 Å². The van der Waals surface area contributed by atoms with Crippen LogP contribution in [0.25, 0.3) is 22.3 Å². The summed E-state index contributed by atoms with van der Waals surface area (Å²) in [6, 6.07) is 10.0. The predicted octanol–water partition coefficient (Wildman–Crippen LogP) is 2.52. The second-order valence-electron chi connectivity index (χ2n) is 5.71. The SMILES string of the molecule is COc1nc2ccccc2cc1-c1nccn1C[C@@H]1COCCO1. The first kappa shape index (κ1) is 15.1. The molecule has 1 aliphatic heterocycles. The summed E-state index contributed by atoms with van der Waals surface area (Å²) in [7, 11) is 1.63. The van der Waals surface area contributed by atoms with Crippen LogP contribution in [-0.4, -0.2) is 47.6 Å². The van der Waals surface area contributed by atoms with Crippen molar-refractivity contribution in [2.45, 2.75) is 12.6 Å². The van der Waals surface area contributed by atoms with E-state index in [0.29, 0.717) is 32.2 Å². The van der Waals surface area contributed by atoms with E-state index in [1.807, 2.05) is 30.5 Å². The second-order valence-corrected chi connectivity index (χ2v) is 5.71. The molecule has 0 bridgehead atoms. The molecule has 124 valence electrons. The van der Waals surface area contributed by atoms with Crippen molar-refractivity contribution in [1.29, 1.82) is 0 Å².